The van der Waals surface area contributed by atoms with Gasteiger partial charge in [-0.3, -0.25) is 28.8 Å². The van der Waals surface area contributed by atoms with E-state index in [9.17, 15) is 48.3 Å². The zero-order chi connectivity index (χ0) is 86.5. The molecule has 0 aromatic heterocycles. The van der Waals surface area contributed by atoms with Crippen molar-refractivity contribution in [2.45, 2.75) is 265 Å². The van der Waals surface area contributed by atoms with E-state index in [2.05, 4.69) is 46.7 Å². The normalized spacial score (nSPS) is 30.0. The Morgan fingerprint density at radius 3 is 1.81 bits per heavy atom. The van der Waals surface area contributed by atoms with Gasteiger partial charge >= 0.3 is 18.1 Å². The highest BCUT2D eigenvalue weighted by Gasteiger charge is 2.69. The number of hydrogen-bond donors (Lipinski definition) is 7. The van der Waals surface area contributed by atoms with E-state index in [0.717, 1.165) is 43.3 Å². The molecule has 11 aliphatic rings. The minimum atomic E-state index is -1.11. The molecule has 0 aliphatic carbocycles. The highest BCUT2D eigenvalue weighted by atomic mass is 16.8. The minimum absolute atomic E-state index is 0.00976. The van der Waals surface area contributed by atoms with Crippen molar-refractivity contribution in [3.63, 3.8) is 0 Å². The predicted octanol–water partition coefficient (Wildman–Crippen LogP) is 3.96. The summed E-state index contributed by atoms with van der Waals surface area (Å²) in [7, 11) is 1.58. The summed E-state index contributed by atoms with van der Waals surface area (Å²) in [6.07, 6.45) is 0.547. The smallest absolute Gasteiger partial charge is 0.407 e. The molecule has 12 bridgehead atoms. The number of aliphatic hydroxyl groups is 1. The van der Waals surface area contributed by atoms with Crippen LogP contribution in [0.1, 0.15) is 148 Å². The number of hydrogen-bond acceptors (Lipinski definition) is 30. The van der Waals surface area contributed by atoms with E-state index in [-0.39, 0.29) is 183 Å². The van der Waals surface area contributed by atoms with Crippen molar-refractivity contribution in [2.24, 2.45) is 23.5 Å². The molecule has 11 heterocycles. The van der Waals surface area contributed by atoms with E-state index in [1.807, 2.05) is 0 Å². The summed E-state index contributed by atoms with van der Waals surface area (Å²) in [4.78, 5) is 120. The Morgan fingerprint density at radius 2 is 1.19 bits per heavy atom. The largest absolute Gasteiger partial charge is 0.445 e. The summed E-state index contributed by atoms with van der Waals surface area (Å²) >= 11 is 0. The summed E-state index contributed by atoms with van der Waals surface area (Å²) in [6.45, 7) is 20.0. The number of nitrogens with two attached hydrogens (primary N) is 1. The van der Waals surface area contributed by atoms with Gasteiger partial charge < -0.3 is 132 Å². The number of nitrogens with zero attached hydrogens (tertiary/aromatic N) is 1. The lowest BCUT2D eigenvalue weighted by Crippen LogP contribution is -2.61. The Balaban J connectivity index is 0.539. The van der Waals surface area contributed by atoms with E-state index in [0.29, 0.717) is 134 Å². The molecule has 11 aliphatic heterocycles. The zero-order valence-electron chi connectivity index (χ0n) is 70.9. The quantitative estimate of drug-likeness (QED) is 0.0276. The van der Waals surface area contributed by atoms with Gasteiger partial charge in [-0.25, -0.2) is 14.4 Å². The van der Waals surface area contributed by atoms with E-state index < -0.39 is 114 Å². The molecule has 1 spiro atoms. The molecular weight excluding hydrogens is 1600 g/mol. The summed E-state index contributed by atoms with van der Waals surface area (Å²) in [5, 5.41) is 25.6. The second kappa shape index (κ2) is 48.8. The van der Waals surface area contributed by atoms with E-state index >= 15 is 0 Å². The SMILES string of the molecule is C=C1C[C@@H]2CC[C@@]34C[C@H]5O[C@H]6[C@@H](O3)[C@H]3O[C@H](CC[C@@H]3O[C@H]6[C@H]5O4)CC(=O)C[C@@H]3[C@@H](OC)[C@@H](C[C@H](O)CNC(=O)OCc4ccc(NC(=O)[C@H](CCCNC(N)=O)NC(=O)[C@@H](NC(=O)CCOCCOCCOCCOCCOCCOCCOCCOCCOCCC(=O)ON5C(=O)CCC5=O)C(C)C)cc4)O[C@H]3C[C@H]3O[C@@H](CC[C@@H]1O2)C[C@@H](C)C3=C. The average molecular weight is 1730 g/mol. The van der Waals surface area contributed by atoms with Crippen LogP contribution in [0.25, 0.3) is 0 Å². The van der Waals surface area contributed by atoms with E-state index in [1.54, 1.807) is 45.2 Å². The van der Waals surface area contributed by atoms with Gasteiger partial charge in [0.05, 0.1) is 192 Å². The number of primary amides is 1. The van der Waals surface area contributed by atoms with Crippen molar-refractivity contribution in [2.75, 3.05) is 144 Å². The monoisotopic (exact) mass is 1730 g/mol. The Morgan fingerprint density at radius 1 is 0.607 bits per heavy atom. The first kappa shape index (κ1) is 95.8. The van der Waals surface area contributed by atoms with Gasteiger partial charge in [-0.15, -0.1) is 5.06 Å². The minimum Gasteiger partial charge on any atom is -0.445 e. The maximum atomic E-state index is 14.6. The number of hydroxylamine groups is 2. The van der Waals surface area contributed by atoms with Crippen LogP contribution in [0.3, 0.4) is 0 Å². The van der Waals surface area contributed by atoms with Crippen LogP contribution < -0.4 is 32.3 Å². The maximum Gasteiger partial charge on any atom is 0.407 e. The van der Waals surface area contributed by atoms with Gasteiger partial charge in [-0.05, 0) is 98.5 Å². The lowest BCUT2D eigenvalue weighted by molar-refractivity contribution is -0.292. The number of Topliss-reactive ketones (excluding diaryl/α,β-unsaturated/α-hetero) is 1. The first-order chi connectivity index (χ1) is 59.0. The molecule has 0 radical (unpaired) electrons. The first-order valence-corrected chi connectivity index (χ1v) is 43.6. The third kappa shape index (κ3) is 28.8. The number of fused-ring (bicyclic) bond motifs is 6. The van der Waals surface area contributed by atoms with Crippen molar-refractivity contribution in [1.29, 1.82) is 0 Å². The summed E-state index contributed by atoms with van der Waals surface area (Å²) in [6, 6.07) is 3.62. The Labute approximate surface area is 712 Å². The number of methoxy groups -OCH3 is 1. The van der Waals surface area contributed by atoms with Crippen LogP contribution in [0.15, 0.2) is 48.6 Å². The number of ketones is 1. The van der Waals surface area contributed by atoms with Gasteiger partial charge in [0.15, 0.2) is 5.79 Å². The number of imide groups is 1. The zero-order valence-corrected chi connectivity index (χ0v) is 70.9. The number of rotatable bonds is 48. The van der Waals surface area contributed by atoms with Crippen LogP contribution >= 0.6 is 0 Å². The third-order valence-electron chi connectivity index (χ3n) is 23.7. The molecule has 8 amide bonds. The van der Waals surface area contributed by atoms with E-state index in [4.69, 9.17) is 101 Å². The molecule has 122 heavy (non-hydrogen) atoms. The van der Waals surface area contributed by atoms with Crippen molar-refractivity contribution >= 4 is 59.1 Å². The van der Waals surface area contributed by atoms with Crippen LogP contribution in [0.2, 0.25) is 0 Å². The number of benzene rings is 1. The average Bonchev–Trinajstić information content (AvgIpc) is 1.55. The third-order valence-corrected chi connectivity index (χ3v) is 23.7. The molecule has 0 unspecified atom stereocenters. The van der Waals surface area contributed by atoms with Crippen molar-refractivity contribution in [3.05, 3.63) is 54.1 Å². The van der Waals surface area contributed by atoms with E-state index in [1.165, 1.54) is 0 Å². The molecule has 1 aromatic carbocycles. The molecule has 37 nitrogen and oxygen atoms in total. The lowest BCUT2D eigenvalue weighted by Gasteiger charge is -2.47. The molecule has 11 saturated heterocycles. The Bertz CT molecular complexity index is 3550. The fraction of sp³-hybridized carbons (Fsp3) is 0.776. The van der Waals surface area contributed by atoms with Gasteiger partial charge in [0.1, 0.15) is 55.0 Å². The standard InChI is InChI=1S/C85H129N7O30/c1-51(2)74(91-70(95)20-24-104-26-28-106-30-32-108-34-36-110-38-40-112-41-39-111-37-35-109-33-31-107-29-27-105-25-21-73(98)122-92-71(96)17-18-72(92)97)82(100)90-63(8-7-23-87-83(86)101)81(99)89-56-11-9-55(10-12-56)50-113-84(102)88-49-58(94)46-68-75(103-6)62-45-57(93)44-60-14-16-65-76(116-60)80-79-78(118-65)77-69(119-79)48-85(120-77,121-80)22-19-61-43-53(4)64(114-61)15-13-59-42-52(3)54(5)66(115-59)47-67(62)117-68/h9-12,51-52,58-69,74-80,94H,4-5,7-8,13-50H2,1-3,6H3,(H,88,102)(H,89,99)(H,90,100)(H,91,95)(H3,86,87,101)/t52-,58+,59+,60-,61+,62+,63+,64+,65+,66-,67+,68-,69-,74+,75-,76+,77+,78+,79-,80+,85+/m1/s1. The number of carbonyl (C=O) groups is 9. The van der Waals surface area contributed by atoms with Crippen LogP contribution in [0.5, 0.6) is 0 Å². The number of ether oxygens (including phenoxy) is 19. The molecule has 684 valence electrons. The Hall–Kier alpha value is -6.83. The summed E-state index contributed by atoms with van der Waals surface area (Å²) in [5.41, 5.74) is 8.25. The number of urea groups is 1. The molecule has 21 atom stereocenters. The van der Waals surface area contributed by atoms with Crippen LogP contribution in [-0.4, -0.2) is 318 Å². The van der Waals surface area contributed by atoms with Gasteiger partial charge in [0.25, 0.3) is 11.8 Å². The van der Waals surface area contributed by atoms with Gasteiger partial charge in [0.2, 0.25) is 17.7 Å². The highest BCUT2D eigenvalue weighted by molar-refractivity contribution is 6.01. The first-order valence-electron chi connectivity index (χ1n) is 43.6. The fourth-order valence-corrected chi connectivity index (χ4v) is 17.4. The molecule has 11 fully saturated rings. The maximum absolute atomic E-state index is 14.6. The number of carbonyl (C=O) groups excluding carboxylic acids is 9. The molecule has 0 saturated carbocycles. The second-order valence-corrected chi connectivity index (χ2v) is 33.2. The van der Waals surface area contributed by atoms with Crippen molar-refractivity contribution in [3.8, 4) is 0 Å². The molecule has 1 aromatic rings. The van der Waals surface area contributed by atoms with Gasteiger partial charge in [-0.2, -0.15) is 0 Å². The fourth-order valence-electron chi connectivity index (χ4n) is 17.4. The lowest BCUT2D eigenvalue weighted by atomic mass is 9.81. The number of amides is 8. The van der Waals surface area contributed by atoms with Crippen LogP contribution in [0.4, 0.5) is 15.3 Å². The molecule has 8 N–H and O–H groups in total. The van der Waals surface area contributed by atoms with Gasteiger partial charge in [0, 0.05) is 89.6 Å². The molecule has 12 rings (SSSR count). The summed E-state index contributed by atoms with van der Waals surface area (Å²) in [5.74, 6) is -4.95. The number of anilines is 1. The van der Waals surface area contributed by atoms with Crippen LogP contribution in [0, 0.1) is 17.8 Å². The van der Waals surface area contributed by atoms with Crippen LogP contribution in [-0.2, 0) is 135 Å². The second-order valence-electron chi connectivity index (χ2n) is 33.2. The number of aliphatic hydroxyl groups excluding tert-OH is 1. The summed E-state index contributed by atoms with van der Waals surface area (Å²) < 4.78 is 116. The Kier molecular flexibility index (Phi) is 38.3. The molecular formula is C85H129N7O30. The van der Waals surface area contributed by atoms with Gasteiger partial charge in [-0.1, -0.05) is 46.1 Å². The van der Waals surface area contributed by atoms with Crippen molar-refractivity contribution < 1.29 is 143 Å². The number of nitrogens with one attached hydrogen (secondary N) is 5. The highest BCUT2D eigenvalue weighted by Crippen LogP contribution is 2.55. The topological polar surface area (TPSA) is 448 Å². The molecule has 37 heteroatoms. The number of alkyl carbamates (subject to hydrolysis) is 1. The predicted molar refractivity (Wildman–Crippen MR) is 430 cm³/mol. The van der Waals surface area contributed by atoms with Crippen molar-refractivity contribution in [1.82, 2.24) is 26.3 Å².